The molecule has 1 aromatic heterocycles. The number of benzene rings is 2. The Balaban J connectivity index is 1.64. The highest BCUT2D eigenvalue weighted by molar-refractivity contribution is 6.18. The maximum Gasteiger partial charge on any atom is 0.146 e. The summed E-state index contributed by atoms with van der Waals surface area (Å²) in [4.78, 5) is 6.69. The topological polar surface area (TPSA) is 40.5 Å². The number of nitrogens with one attached hydrogen (secondary N) is 1. The van der Waals surface area contributed by atoms with E-state index in [1.165, 1.54) is 0 Å². The molecule has 2 aromatic carbocycles. The number of aromatic nitrogens is 1. The van der Waals surface area contributed by atoms with Crippen molar-refractivity contribution in [2.24, 2.45) is 5.10 Å². The molecule has 26 heavy (non-hydrogen) atoms. The third-order valence-corrected chi connectivity index (χ3v) is 4.30. The second kappa shape index (κ2) is 9.41. The largest absolute Gasteiger partial charge is 0.369 e. The molecule has 6 heteroatoms. The number of hydrazone groups is 1. The third kappa shape index (κ3) is 4.87. The second-order valence-electron chi connectivity index (χ2n) is 5.72. The van der Waals surface area contributed by atoms with Crippen molar-refractivity contribution in [2.75, 3.05) is 35.2 Å². The van der Waals surface area contributed by atoms with Crippen LogP contribution >= 0.6 is 23.2 Å². The SMILES string of the molecule is ClCCN(CCCl)c1ccc(/C=N/Nc2ccc3ccccc3n2)cc1. The average molecular weight is 387 g/mol. The number of rotatable bonds is 8. The zero-order chi connectivity index (χ0) is 18.2. The monoisotopic (exact) mass is 386 g/mol. The number of fused-ring (bicyclic) bond motifs is 1. The van der Waals surface area contributed by atoms with E-state index in [1.54, 1.807) is 6.21 Å². The summed E-state index contributed by atoms with van der Waals surface area (Å²) >= 11 is 11.7. The summed E-state index contributed by atoms with van der Waals surface area (Å²) in [5, 5.41) is 5.38. The molecule has 0 fully saturated rings. The highest BCUT2D eigenvalue weighted by atomic mass is 35.5. The van der Waals surface area contributed by atoms with Crippen molar-refractivity contribution in [3.05, 3.63) is 66.2 Å². The van der Waals surface area contributed by atoms with Crippen LogP contribution in [0, 0.1) is 0 Å². The van der Waals surface area contributed by atoms with Gasteiger partial charge in [0.05, 0.1) is 11.7 Å². The minimum atomic E-state index is 0.572. The van der Waals surface area contributed by atoms with Crippen molar-refractivity contribution in [3.63, 3.8) is 0 Å². The van der Waals surface area contributed by atoms with Gasteiger partial charge in [-0.05, 0) is 35.9 Å². The highest BCUT2D eigenvalue weighted by Crippen LogP contribution is 2.16. The first kappa shape index (κ1) is 18.5. The molecule has 3 aromatic rings. The van der Waals surface area contributed by atoms with E-state index in [0.717, 1.165) is 35.2 Å². The Labute approximate surface area is 163 Å². The summed E-state index contributed by atoms with van der Waals surface area (Å²) in [6.07, 6.45) is 1.77. The quantitative estimate of drug-likeness (QED) is 0.337. The summed E-state index contributed by atoms with van der Waals surface area (Å²) in [6.45, 7) is 1.55. The van der Waals surface area contributed by atoms with Gasteiger partial charge in [-0.15, -0.1) is 23.2 Å². The van der Waals surface area contributed by atoms with Gasteiger partial charge in [-0.3, -0.25) is 5.43 Å². The van der Waals surface area contributed by atoms with Crippen LogP contribution in [0.4, 0.5) is 11.5 Å². The van der Waals surface area contributed by atoms with E-state index in [1.807, 2.05) is 48.5 Å². The first-order chi connectivity index (χ1) is 12.8. The minimum absolute atomic E-state index is 0.572. The fourth-order valence-electron chi connectivity index (χ4n) is 2.65. The van der Waals surface area contributed by atoms with Gasteiger partial charge in [0, 0.05) is 35.9 Å². The first-order valence-corrected chi connectivity index (χ1v) is 9.49. The van der Waals surface area contributed by atoms with Gasteiger partial charge in [0.15, 0.2) is 0 Å². The van der Waals surface area contributed by atoms with Crippen LogP contribution in [-0.4, -0.2) is 36.0 Å². The molecule has 4 nitrogen and oxygen atoms in total. The molecule has 0 bridgehead atoms. The Bertz CT molecular complexity index is 859. The number of para-hydroxylation sites is 1. The van der Waals surface area contributed by atoms with Crippen LogP contribution in [0.25, 0.3) is 10.9 Å². The number of halogens is 2. The maximum atomic E-state index is 5.86. The van der Waals surface area contributed by atoms with Gasteiger partial charge in [0.1, 0.15) is 5.82 Å². The van der Waals surface area contributed by atoms with Crippen molar-refractivity contribution >= 4 is 51.8 Å². The van der Waals surface area contributed by atoms with E-state index >= 15 is 0 Å². The van der Waals surface area contributed by atoms with Gasteiger partial charge >= 0.3 is 0 Å². The molecule has 0 aliphatic rings. The van der Waals surface area contributed by atoms with E-state index < -0.39 is 0 Å². The molecule has 134 valence electrons. The van der Waals surface area contributed by atoms with Gasteiger partial charge in [0.25, 0.3) is 0 Å². The van der Waals surface area contributed by atoms with E-state index in [4.69, 9.17) is 23.2 Å². The number of anilines is 2. The van der Waals surface area contributed by atoms with Gasteiger partial charge in [-0.2, -0.15) is 5.10 Å². The summed E-state index contributed by atoms with van der Waals surface area (Å²) in [5.41, 5.74) is 6.02. The number of pyridine rings is 1. The van der Waals surface area contributed by atoms with Gasteiger partial charge in [0.2, 0.25) is 0 Å². The van der Waals surface area contributed by atoms with Crippen molar-refractivity contribution in [2.45, 2.75) is 0 Å². The number of alkyl halides is 2. The van der Waals surface area contributed by atoms with E-state index in [2.05, 4.69) is 32.5 Å². The van der Waals surface area contributed by atoms with Crippen LogP contribution in [-0.2, 0) is 0 Å². The average Bonchev–Trinajstić information content (AvgIpc) is 2.68. The molecular formula is C20H20Cl2N4. The summed E-state index contributed by atoms with van der Waals surface area (Å²) < 4.78 is 0. The molecule has 0 aliphatic carbocycles. The third-order valence-electron chi connectivity index (χ3n) is 3.96. The number of hydrogen-bond acceptors (Lipinski definition) is 4. The summed E-state index contributed by atoms with van der Waals surface area (Å²) in [7, 11) is 0. The van der Waals surface area contributed by atoms with E-state index in [9.17, 15) is 0 Å². The second-order valence-corrected chi connectivity index (χ2v) is 6.47. The normalized spacial score (nSPS) is 11.2. The molecule has 0 amide bonds. The molecule has 0 unspecified atom stereocenters. The number of nitrogens with zero attached hydrogens (tertiary/aromatic N) is 3. The molecule has 1 heterocycles. The van der Waals surface area contributed by atoms with Crippen LogP contribution in [0.5, 0.6) is 0 Å². The summed E-state index contributed by atoms with van der Waals surface area (Å²) in [5.74, 6) is 1.86. The van der Waals surface area contributed by atoms with Gasteiger partial charge < -0.3 is 4.90 Å². The van der Waals surface area contributed by atoms with Crippen LogP contribution in [0.3, 0.4) is 0 Å². The van der Waals surface area contributed by atoms with E-state index in [0.29, 0.717) is 17.6 Å². The van der Waals surface area contributed by atoms with Crippen molar-refractivity contribution in [1.29, 1.82) is 0 Å². The van der Waals surface area contributed by atoms with Crippen molar-refractivity contribution in [3.8, 4) is 0 Å². The summed E-state index contributed by atoms with van der Waals surface area (Å²) in [6, 6.07) is 20.1. The lowest BCUT2D eigenvalue weighted by Crippen LogP contribution is -2.27. The predicted molar refractivity (Wildman–Crippen MR) is 113 cm³/mol. The Morgan fingerprint density at radius 3 is 2.38 bits per heavy atom. The lowest BCUT2D eigenvalue weighted by molar-refractivity contribution is 0.874. The Kier molecular flexibility index (Phi) is 6.69. The molecule has 0 spiro atoms. The van der Waals surface area contributed by atoms with Crippen LogP contribution < -0.4 is 10.3 Å². The van der Waals surface area contributed by atoms with Gasteiger partial charge in [-0.25, -0.2) is 4.98 Å². The van der Waals surface area contributed by atoms with Crippen molar-refractivity contribution in [1.82, 2.24) is 4.98 Å². The Hall–Kier alpha value is -2.30. The molecule has 1 N–H and O–H groups in total. The van der Waals surface area contributed by atoms with Crippen LogP contribution in [0.1, 0.15) is 5.56 Å². The Morgan fingerprint density at radius 1 is 0.923 bits per heavy atom. The zero-order valence-corrected chi connectivity index (χ0v) is 15.8. The van der Waals surface area contributed by atoms with Crippen LogP contribution in [0.15, 0.2) is 65.8 Å². The lowest BCUT2D eigenvalue weighted by Gasteiger charge is -2.22. The molecule has 0 saturated carbocycles. The molecular weight excluding hydrogens is 367 g/mol. The highest BCUT2D eigenvalue weighted by Gasteiger charge is 2.04. The smallest absolute Gasteiger partial charge is 0.146 e. The predicted octanol–water partition coefficient (Wildman–Crippen LogP) is 4.96. The van der Waals surface area contributed by atoms with Crippen molar-refractivity contribution < 1.29 is 0 Å². The molecule has 0 atom stereocenters. The lowest BCUT2D eigenvalue weighted by atomic mass is 10.2. The van der Waals surface area contributed by atoms with E-state index in [-0.39, 0.29) is 0 Å². The standard InChI is InChI=1S/C20H20Cl2N4/c21-11-13-26(14-12-22)18-8-5-16(6-9-18)15-23-25-20-10-7-17-3-1-2-4-19(17)24-20/h1-10,15H,11-14H2,(H,24,25)/b23-15+. The molecule has 0 aliphatic heterocycles. The maximum absolute atomic E-state index is 5.86. The zero-order valence-electron chi connectivity index (χ0n) is 14.3. The molecule has 3 rings (SSSR count). The molecule has 0 radical (unpaired) electrons. The van der Waals surface area contributed by atoms with Crippen LogP contribution in [0.2, 0.25) is 0 Å². The first-order valence-electron chi connectivity index (χ1n) is 8.42. The van der Waals surface area contributed by atoms with Gasteiger partial charge in [-0.1, -0.05) is 30.3 Å². The minimum Gasteiger partial charge on any atom is -0.369 e. The fourth-order valence-corrected chi connectivity index (χ4v) is 3.05. The molecule has 0 saturated heterocycles. The number of hydrogen-bond donors (Lipinski definition) is 1. The fraction of sp³-hybridized carbons (Fsp3) is 0.200. The Morgan fingerprint density at radius 2 is 1.65 bits per heavy atom.